The van der Waals surface area contributed by atoms with Gasteiger partial charge in [0.25, 0.3) is 5.89 Å². The predicted octanol–water partition coefficient (Wildman–Crippen LogP) is 3.56. The lowest BCUT2D eigenvalue weighted by Gasteiger charge is -2.12. The third kappa shape index (κ3) is 4.69. The van der Waals surface area contributed by atoms with E-state index in [2.05, 4.69) is 20.1 Å². The van der Waals surface area contributed by atoms with E-state index in [4.69, 9.17) is 43.3 Å². The molecule has 0 aliphatic rings. The molecule has 0 saturated heterocycles. The lowest BCUT2D eigenvalue weighted by atomic mass is 10.2. The number of carboxylic acids is 1. The summed E-state index contributed by atoms with van der Waals surface area (Å²) in [5.41, 5.74) is 4.81. The van der Waals surface area contributed by atoms with Gasteiger partial charge in [-0.1, -0.05) is 28.4 Å². The summed E-state index contributed by atoms with van der Waals surface area (Å²) in [6.45, 7) is -0.337. The number of carboxylic acid groups (broad SMARTS) is 1. The minimum Gasteiger partial charge on any atom is -0.490 e. The largest absolute Gasteiger partial charge is 0.490 e. The first-order valence-electron chi connectivity index (χ1n) is 8.89. The van der Waals surface area contributed by atoms with Crippen molar-refractivity contribution >= 4 is 34.8 Å². The number of aromatic nitrogens is 5. The molecule has 15 heteroatoms. The minimum atomic E-state index is -4.61. The molecular formula is C18H11Cl2F3N6O4. The van der Waals surface area contributed by atoms with Crippen LogP contribution in [0.2, 0.25) is 10.0 Å². The van der Waals surface area contributed by atoms with Crippen molar-refractivity contribution in [3.8, 4) is 28.7 Å². The summed E-state index contributed by atoms with van der Waals surface area (Å²) in [6.07, 6.45) is -1.58. The predicted molar refractivity (Wildman–Crippen MR) is 108 cm³/mol. The summed E-state index contributed by atoms with van der Waals surface area (Å²) in [5.74, 6) is -1.20. The van der Waals surface area contributed by atoms with Gasteiger partial charge in [-0.25, -0.2) is 9.97 Å². The maximum Gasteiger partial charge on any atom is 0.434 e. The molecule has 0 aliphatic heterocycles. The number of hydrogen-bond donors (Lipinski definition) is 2. The van der Waals surface area contributed by atoms with Crippen molar-refractivity contribution < 1.29 is 32.3 Å². The lowest BCUT2D eigenvalue weighted by molar-refractivity contribution is -0.141. The fraction of sp³-hybridized carbons (Fsp3) is 0.167. The minimum absolute atomic E-state index is 0.0249. The quantitative estimate of drug-likeness (QED) is 0.404. The van der Waals surface area contributed by atoms with Gasteiger partial charge in [0.2, 0.25) is 5.82 Å². The number of halogens is 5. The average molecular weight is 503 g/mol. The number of benzene rings is 1. The molecule has 0 fully saturated rings. The van der Waals surface area contributed by atoms with Crippen molar-refractivity contribution in [1.82, 2.24) is 24.5 Å². The number of rotatable bonds is 6. The molecule has 1 atom stereocenters. The summed E-state index contributed by atoms with van der Waals surface area (Å²) in [4.78, 5) is 22.4. The monoisotopic (exact) mass is 502 g/mol. The topological polar surface area (TPSA) is 142 Å². The molecule has 0 radical (unpaired) electrons. The van der Waals surface area contributed by atoms with Crippen LogP contribution in [0.1, 0.15) is 5.69 Å². The standard InChI is InChI=1S/C18H11Cl2F3N6O4/c19-8-2-12(32-6-10(24)17(30)31)9(20)1-7(8)15-27-16(33-28-15)11-4-29-5-13(18(21,22)23)25-3-14(29)26-11/h1-5,10H,6,24H2,(H,30,31). The molecule has 172 valence electrons. The van der Waals surface area contributed by atoms with Gasteiger partial charge in [0, 0.05) is 24.0 Å². The van der Waals surface area contributed by atoms with Crippen LogP contribution >= 0.6 is 23.2 Å². The number of nitrogens with zero attached hydrogens (tertiary/aromatic N) is 5. The maximum atomic E-state index is 12.9. The molecule has 0 spiro atoms. The Hall–Kier alpha value is -3.42. The number of fused-ring (bicyclic) bond motifs is 1. The molecule has 3 heterocycles. The third-order valence-electron chi connectivity index (χ3n) is 4.28. The second kappa shape index (κ2) is 8.50. The lowest BCUT2D eigenvalue weighted by Crippen LogP contribution is -2.36. The summed E-state index contributed by atoms with van der Waals surface area (Å²) < 4.78 is 50.2. The van der Waals surface area contributed by atoms with Crippen LogP contribution < -0.4 is 10.5 Å². The van der Waals surface area contributed by atoms with Gasteiger partial charge < -0.3 is 24.5 Å². The highest BCUT2D eigenvalue weighted by Gasteiger charge is 2.33. The molecule has 3 N–H and O–H groups in total. The zero-order valence-corrected chi connectivity index (χ0v) is 17.6. The van der Waals surface area contributed by atoms with Gasteiger partial charge >= 0.3 is 12.1 Å². The molecule has 0 saturated carbocycles. The van der Waals surface area contributed by atoms with E-state index >= 15 is 0 Å². The normalized spacial score (nSPS) is 12.8. The highest BCUT2D eigenvalue weighted by Crippen LogP contribution is 2.36. The third-order valence-corrected chi connectivity index (χ3v) is 4.88. The van der Waals surface area contributed by atoms with E-state index in [0.29, 0.717) is 0 Å². The molecule has 4 aromatic rings. The Kier molecular flexibility index (Phi) is 5.86. The van der Waals surface area contributed by atoms with Gasteiger partial charge in [0.15, 0.2) is 11.3 Å². The van der Waals surface area contributed by atoms with Crippen molar-refractivity contribution in [3.63, 3.8) is 0 Å². The van der Waals surface area contributed by atoms with E-state index in [1.54, 1.807) is 0 Å². The molecule has 33 heavy (non-hydrogen) atoms. The molecule has 1 unspecified atom stereocenters. The smallest absolute Gasteiger partial charge is 0.434 e. The Balaban J connectivity index is 1.60. The van der Waals surface area contributed by atoms with Crippen LogP contribution in [0.3, 0.4) is 0 Å². The number of nitrogens with two attached hydrogens (primary N) is 1. The Bertz CT molecular complexity index is 1360. The zero-order valence-electron chi connectivity index (χ0n) is 16.0. The van der Waals surface area contributed by atoms with E-state index in [1.807, 2.05) is 0 Å². The number of aliphatic carboxylic acids is 1. The second-order valence-electron chi connectivity index (χ2n) is 6.60. The summed E-state index contributed by atoms with van der Waals surface area (Å²) in [5, 5.41) is 12.8. The summed E-state index contributed by atoms with van der Waals surface area (Å²) in [6, 6.07) is 1.45. The van der Waals surface area contributed by atoms with Crippen LogP contribution in [-0.4, -0.2) is 48.2 Å². The van der Waals surface area contributed by atoms with Crippen LogP contribution in [0.15, 0.2) is 35.2 Å². The number of ether oxygens (including phenoxy) is 1. The zero-order chi connectivity index (χ0) is 23.9. The molecule has 0 bridgehead atoms. The molecule has 0 amide bonds. The Morgan fingerprint density at radius 2 is 2.00 bits per heavy atom. The van der Waals surface area contributed by atoms with Crippen LogP contribution in [0.5, 0.6) is 5.75 Å². The number of carbonyl (C=O) groups is 1. The Morgan fingerprint density at radius 1 is 1.24 bits per heavy atom. The van der Waals surface area contributed by atoms with Crippen LogP contribution in [-0.2, 0) is 11.0 Å². The van der Waals surface area contributed by atoms with Gasteiger partial charge in [-0.2, -0.15) is 18.2 Å². The average Bonchev–Trinajstić information content (AvgIpc) is 3.39. The number of imidazole rings is 1. The first-order valence-corrected chi connectivity index (χ1v) is 9.65. The fourth-order valence-corrected chi connectivity index (χ4v) is 3.10. The molecule has 4 rings (SSSR count). The maximum absolute atomic E-state index is 12.9. The van der Waals surface area contributed by atoms with Crippen molar-refractivity contribution in [2.45, 2.75) is 12.2 Å². The van der Waals surface area contributed by atoms with Gasteiger partial charge in [0.05, 0.1) is 16.2 Å². The van der Waals surface area contributed by atoms with Crippen LogP contribution in [0, 0.1) is 0 Å². The first-order chi connectivity index (χ1) is 15.5. The molecule has 1 aromatic carbocycles. The Morgan fingerprint density at radius 3 is 2.70 bits per heavy atom. The van der Waals surface area contributed by atoms with E-state index in [1.165, 1.54) is 18.3 Å². The van der Waals surface area contributed by atoms with Gasteiger partial charge in [-0.05, 0) is 6.07 Å². The van der Waals surface area contributed by atoms with Crippen LogP contribution in [0.4, 0.5) is 13.2 Å². The fourth-order valence-electron chi connectivity index (χ4n) is 2.65. The van der Waals surface area contributed by atoms with Gasteiger partial charge in [0.1, 0.15) is 24.1 Å². The van der Waals surface area contributed by atoms with E-state index in [0.717, 1.165) is 16.8 Å². The molecule has 0 aliphatic carbocycles. The molecule has 3 aromatic heterocycles. The number of hydrogen-bond acceptors (Lipinski definition) is 8. The Labute approximate surface area is 191 Å². The number of alkyl halides is 3. The second-order valence-corrected chi connectivity index (χ2v) is 7.42. The van der Waals surface area contributed by atoms with Crippen molar-refractivity contribution in [2.24, 2.45) is 5.73 Å². The highest BCUT2D eigenvalue weighted by atomic mass is 35.5. The highest BCUT2D eigenvalue weighted by molar-refractivity contribution is 6.36. The van der Waals surface area contributed by atoms with Crippen molar-refractivity contribution in [2.75, 3.05) is 6.61 Å². The van der Waals surface area contributed by atoms with E-state index in [9.17, 15) is 18.0 Å². The van der Waals surface area contributed by atoms with E-state index in [-0.39, 0.29) is 51.0 Å². The van der Waals surface area contributed by atoms with Gasteiger partial charge in [-0.15, -0.1) is 0 Å². The molecule has 10 nitrogen and oxygen atoms in total. The molecular weight excluding hydrogens is 492 g/mol. The van der Waals surface area contributed by atoms with Gasteiger partial charge in [-0.3, -0.25) is 4.79 Å². The SMILES string of the molecule is NC(COc1cc(Cl)c(-c2noc(-c3cn4cc(C(F)(F)F)ncc4n3)n2)cc1Cl)C(=O)O. The first kappa shape index (κ1) is 22.8. The summed E-state index contributed by atoms with van der Waals surface area (Å²) in [7, 11) is 0. The van der Waals surface area contributed by atoms with E-state index < -0.39 is 23.9 Å². The summed E-state index contributed by atoms with van der Waals surface area (Å²) >= 11 is 12.4. The van der Waals surface area contributed by atoms with Crippen molar-refractivity contribution in [1.29, 1.82) is 0 Å². The van der Waals surface area contributed by atoms with Crippen molar-refractivity contribution in [3.05, 3.63) is 46.5 Å². The van der Waals surface area contributed by atoms with Crippen LogP contribution in [0.25, 0.3) is 28.6 Å².